The first-order chi connectivity index (χ1) is 11.3. The molecule has 0 aromatic heterocycles. The minimum atomic E-state index is 0.104. The number of benzene rings is 1. The molecule has 4 heteroatoms. The summed E-state index contributed by atoms with van der Waals surface area (Å²) in [5.74, 6) is 0.900. The maximum absolute atomic E-state index is 11.8. The summed E-state index contributed by atoms with van der Waals surface area (Å²) in [6.07, 6.45) is 5.06. The fraction of sp³-hybridized carbons (Fsp3) is 0.632. The summed E-state index contributed by atoms with van der Waals surface area (Å²) in [5.41, 5.74) is 1.19. The highest BCUT2D eigenvalue weighted by atomic mass is 16.5. The predicted molar refractivity (Wildman–Crippen MR) is 93.3 cm³/mol. The van der Waals surface area contributed by atoms with Gasteiger partial charge in [0, 0.05) is 19.6 Å². The molecule has 23 heavy (non-hydrogen) atoms. The van der Waals surface area contributed by atoms with E-state index in [0.717, 1.165) is 31.8 Å². The van der Waals surface area contributed by atoms with Gasteiger partial charge in [-0.15, -0.1) is 0 Å². The van der Waals surface area contributed by atoms with Gasteiger partial charge in [0.1, 0.15) is 0 Å². The third-order valence-corrected chi connectivity index (χ3v) is 4.52. The van der Waals surface area contributed by atoms with E-state index in [9.17, 15) is 4.79 Å². The molecule has 2 rings (SSSR count). The van der Waals surface area contributed by atoms with Gasteiger partial charge in [-0.25, -0.2) is 0 Å². The molecule has 0 bridgehead atoms. The lowest BCUT2D eigenvalue weighted by Crippen LogP contribution is -2.30. The van der Waals surface area contributed by atoms with Crippen LogP contribution < -0.4 is 10.6 Å². The normalized spacial score (nSPS) is 16.9. The molecule has 1 aromatic rings. The van der Waals surface area contributed by atoms with Crippen molar-refractivity contribution in [1.29, 1.82) is 0 Å². The Balaban J connectivity index is 1.49. The van der Waals surface area contributed by atoms with Crippen molar-refractivity contribution in [1.82, 2.24) is 10.6 Å². The highest BCUT2D eigenvalue weighted by molar-refractivity contribution is 5.75. The number of nitrogens with one attached hydrogen (secondary N) is 2. The summed E-state index contributed by atoms with van der Waals surface area (Å²) in [5, 5.41) is 6.36. The van der Waals surface area contributed by atoms with Crippen molar-refractivity contribution in [2.24, 2.45) is 5.92 Å². The van der Waals surface area contributed by atoms with Gasteiger partial charge in [-0.05, 0) is 57.2 Å². The monoisotopic (exact) mass is 318 g/mol. The van der Waals surface area contributed by atoms with Crippen molar-refractivity contribution in [2.75, 3.05) is 26.2 Å². The predicted octanol–water partition coefficient (Wildman–Crippen LogP) is 3.05. The van der Waals surface area contributed by atoms with Crippen LogP contribution in [0.2, 0.25) is 0 Å². The zero-order valence-electron chi connectivity index (χ0n) is 14.2. The van der Waals surface area contributed by atoms with E-state index in [-0.39, 0.29) is 12.0 Å². The summed E-state index contributed by atoms with van der Waals surface area (Å²) in [6.45, 7) is 5.64. The summed E-state index contributed by atoms with van der Waals surface area (Å²) in [7, 11) is 0. The van der Waals surface area contributed by atoms with Crippen LogP contribution >= 0.6 is 0 Å². The van der Waals surface area contributed by atoms with E-state index in [1.165, 1.54) is 18.4 Å². The third-order valence-electron chi connectivity index (χ3n) is 4.52. The van der Waals surface area contributed by atoms with Gasteiger partial charge in [-0.3, -0.25) is 4.79 Å². The van der Waals surface area contributed by atoms with Gasteiger partial charge in [0.15, 0.2) is 0 Å². The lowest BCUT2D eigenvalue weighted by molar-refractivity contribution is -0.121. The molecule has 1 unspecified atom stereocenters. The van der Waals surface area contributed by atoms with Crippen LogP contribution in [0.5, 0.6) is 0 Å². The van der Waals surface area contributed by atoms with Gasteiger partial charge < -0.3 is 15.4 Å². The number of hydrogen-bond acceptors (Lipinski definition) is 3. The first-order valence-electron chi connectivity index (χ1n) is 8.89. The molecule has 0 spiro atoms. The average Bonchev–Trinajstić information content (AvgIpc) is 2.61. The Morgan fingerprint density at radius 2 is 2.04 bits per heavy atom. The molecule has 1 aliphatic rings. The van der Waals surface area contributed by atoms with Gasteiger partial charge >= 0.3 is 0 Å². The zero-order valence-corrected chi connectivity index (χ0v) is 14.2. The van der Waals surface area contributed by atoms with Crippen LogP contribution in [0.3, 0.4) is 0 Å². The smallest absolute Gasteiger partial charge is 0.220 e. The van der Waals surface area contributed by atoms with Gasteiger partial charge in [0.2, 0.25) is 5.91 Å². The van der Waals surface area contributed by atoms with Crippen molar-refractivity contribution < 1.29 is 9.53 Å². The fourth-order valence-corrected chi connectivity index (χ4v) is 2.97. The Hall–Kier alpha value is -1.39. The number of carbonyl (C=O) groups is 1. The van der Waals surface area contributed by atoms with E-state index < -0.39 is 0 Å². The molecule has 1 fully saturated rings. The number of hydrogen-bond donors (Lipinski definition) is 2. The molecule has 1 saturated heterocycles. The molecule has 0 saturated carbocycles. The maximum Gasteiger partial charge on any atom is 0.220 e. The quantitative estimate of drug-likeness (QED) is 0.688. The van der Waals surface area contributed by atoms with Crippen LogP contribution in [0.1, 0.15) is 50.7 Å². The first kappa shape index (κ1) is 18.0. The van der Waals surface area contributed by atoms with Crippen molar-refractivity contribution in [3.05, 3.63) is 35.9 Å². The highest BCUT2D eigenvalue weighted by Gasteiger charge is 2.14. The van der Waals surface area contributed by atoms with E-state index in [1.807, 2.05) is 18.2 Å². The molecule has 2 N–H and O–H groups in total. The van der Waals surface area contributed by atoms with Crippen molar-refractivity contribution in [3.8, 4) is 0 Å². The van der Waals surface area contributed by atoms with Crippen LogP contribution in [-0.4, -0.2) is 32.1 Å². The molecule has 1 aliphatic heterocycles. The molecule has 1 heterocycles. The second kappa shape index (κ2) is 10.4. The van der Waals surface area contributed by atoms with E-state index >= 15 is 0 Å². The van der Waals surface area contributed by atoms with Crippen molar-refractivity contribution >= 4 is 5.91 Å². The second-order valence-corrected chi connectivity index (χ2v) is 6.36. The minimum Gasteiger partial charge on any atom is -0.374 e. The van der Waals surface area contributed by atoms with Crippen LogP contribution in [0.25, 0.3) is 0 Å². The summed E-state index contributed by atoms with van der Waals surface area (Å²) in [4.78, 5) is 11.8. The molecule has 128 valence electrons. The van der Waals surface area contributed by atoms with Crippen LogP contribution in [0.4, 0.5) is 0 Å². The van der Waals surface area contributed by atoms with Gasteiger partial charge in [-0.2, -0.15) is 0 Å². The lowest BCUT2D eigenvalue weighted by Gasteiger charge is -2.22. The van der Waals surface area contributed by atoms with Crippen LogP contribution in [0.15, 0.2) is 30.3 Å². The van der Waals surface area contributed by atoms with Crippen molar-refractivity contribution in [2.45, 2.75) is 45.1 Å². The highest BCUT2D eigenvalue weighted by Crippen LogP contribution is 2.17. The third kappa shape index (κ3) is 7.14. The Morgan fingerprint density at radius 1 is 1.30 bits per heavy atom. The molecular formula is C19H30N2O2. The van der Waals surface area contributed by atoms with Crippen LogP contribution in [-0.2, 0) is 9.53 Å². The van der Waals surface area contributed by atoms with Gasteiger partial charge in [-0.1, -0.05) is 30.3 Å². The fourth-order valence-electron chi connectivity index (χ4n) is 2.97. The summed E-state index contributed by atoms with van der Waals surface area (Å²) < 4.78 is 5.81. The Labute approximate surface area is 140 Å². The zero-order chi connectivity index (χ0) is 16.3. The van der Waals surface area contributed by atoms with Gasteiger partial charge in [0.05, 0.1) is 6.10 Å². The maximum atomic E-state index is 11.8. The lowest BCUT2D eigenvalue weighted by atomic mass is 9.93. The average molecular weight is 318 g/mol. The number of ether oxygens (including phenoxy) is 1. The largest absolute Gasteiger partial charge is 0.374 e. The Kier molecular flexibility index (Phi) is 8.12. The molecule has 1 amide bonds. The summed E-state index contributed by atoms with van der Waals surface area (Å²) in [6, 6.07) is 10.2. The van der Waals surface area contributed by atoms with Crippen molar-refractivity contribution in [3.63, 3.8) is 0 Å². The number of carbonyl (C=O) groups excluding carboxylic acids is 1. The van der Waals surface area contributed by atoms with Gasteiger partial charge in [0.25, 0.3) is 0 Å². The van der Waals surface area contributed by atoms with E-state index in [4.69, 9.17) is 4.74 Å². The molecular weight excluding hydrogens is 288 g/mol. The SMILES string of the molecule is CC(OCCCNC(=O)CCC1CCNCC1)c1ccccc1. The molecule has 4 nitrogen and oxygen atoms in total. The Morgan fingerprint density at radius 3 is 2.78 bits per heavy atom. The number of rotatable bonds is 9. The minimum absolute atomic E-state index is 0.104. The molecule has 0 aliphatic carbocycles. The van der Waals surface area contributed by atoms with E-state index in [0.29, 0.717) is 19.6 Å². The number of amides is 1. The molecule has 1 aromatic carbocycles. The van der Waals surface area contributed by atoms with Crippen LogP contribution in [0, 0.1) is 5.92 Å². The van der Waals surface area contributed by atoms with E-state index in [2.05, 4.69) is 29.7 Å². The molecule has 1 atom stereocenters. The number of piperidine rings is 1. The Bertz CT molecular complexity index is 444. The summed E-state index contributed by atoms with van der Waals surface area (Å²) >= 11 is 0. The molecule has 0 radical (unpaired) electrons. The second-order valence-electron chi connectivity index (χ2n) is 6.36. The first-order valence-corrected chi connectivity index (χ1v) is 8.89. The van der Waals surface area contributed by atoms with E-state index in [1.54, 1.807) is 0 Å². The standard InChI is InChI=1S/C19H30N2O2/c1-16(18-6-3-2-4-7-18)23-15-5-12-21-19(22)9-8-17-10-13-20-14-11-17/h2-4,6-7,16-17,20H,5,8-15H2,1H3,(H,21,22). The topological polar surface area (TPSA) is 50.4 Å².